The van der Waals surface area contributed by atoms with Crippen LogP contribution in [0.3, 0.4) is 0 Å². The van der Waals surface area contributed by atoms with E-state index >= 15 is 0 Å². The zero-order valence-electron chi connectivity index (χ0n) is 11.4. The smallest absolute Gasteiger partial charge is 0.0750 e. The fourth-order valence-corrected chi connectivity index (χ4v) is 2.56. The maximum atomic E-state index is 6.18. The molecule has 1 unspecified atom stereocenters. The number of ether oxygens (including phenoxy) is 1. The maximum absolute atomic E-state index is 6.18. The van der Waals surface area contributed by atoms with Gasteiger partial charge in [0.15, 0.2) is 0 Å². The first-order valence-corrected chi connectivity index (χ1v) is 6.89. The molecule has 2 atom stereocenters. The fraction of sp³-hybridized carbons (Fsp3) is 0.600. The van der Waals surface area contributed by atoms with Crippen LogP contribution in [-0.2, 0) is 4.74 Å². The molecule has 18 heavy (non-hydrogen) atoms. The van der Waals surface area contributed by atoms with E-state index in [1.807, 2.05) is 0 Å². The average molecular weight is 248 g/mol. The molecular formula is C15H24N2O. The molecule has 1 aromatic rings. The number of anilines is 1. The molecule has 0 amide bonds. The van der Waals surface area contributed by atoms with E-state index in [0.29, 0.717) is 6.10 Å². The molecule has 1 aliphatic heterocycles. The Morgan fingerprint density at radius 1 is 1.44 bits per heavy atom. The molecule has 3 nitrogen and oxygen atoms in total. The Morgan fingerprint density at radius 2 is 2.22 bits per heavy atom. The highest BCUT2D eigenvalue weighted by molar-refractivity contribution is 5.54. The first kappa shape index (κ1) is 13.4. The Hall–Kier alpha value is -1.06. The summed E-state index contributed by atoms with van der Waals surface area (Å²) in [6.07, 6.45) is 3.70. The van der Waals surface area contributed by atoms with E-state index in [-0.39, 0.29) is 6.04 Å². The third kappa shape index (κ3) is 3.03. The normalized spacial score (nSPS) is 20.9. The lowest BCUT2D eigenvalue weighted by atomic mass is 10.0. The zero-order valence-corrected chi connectivity index (χ0v) is 11.4. The predicted octanol–water partition coefficient (Wildman–Crippen LogP) is 2.71. The number of hydrogen-bond donors (Lipinski definition) is 1. The molecular weight excluding hydrogens is 224 g/mol. The van der Waals surface area contributed by atoms with Crippen LogP contribution in [0.15, 0.2) is 24.3 Å². The Balaban J connectivity index is 2.10. The molecule has 100 valence electrons. The van der Waals surface area contributed by atoms with Gasteiger partial charge in [0, 0.05) is 31.9 Å². The van der Waals surface area contributed by atoms with Crippen LogP contribution < -0.4 is 10.6 Å². The van der Waals surface area contributed by atoms with Crippen molar-refractivity contribution in [2.24, 2.45) is 5.73 Å². The fourth-order valence-electron chi connectivity index (χ4n) is 2.56. The quantitative estimate of drug-likeness (QED) is 0.870. The number of hydrogen-bond acceptors (Lipinski definition) is 3. The number of nitrogens with two attached hydrogens (primary N) is 1. The topological polar surface area (TPSA) is 38.5 Å². The van der Waals surface area contributed by atoms with Crippen molar-refractivity contribution < 1.29 is 4.74 Å². The van der Waals surface area contributed by atoms with Crippen LogP contribution in [0, 0.1) is 0 Å². The number of likely N-dealkylation sites (N-methyl/N-ethyl adjacent to an activating group) is 1. The Morgan fingerprint density at radius 3 is 2.89 bits per heavy atom. The van der Waals surface area contributed by atoms with Gasteiger partial charge in [0.2, 0.25) is 0 Å². The van der Waals surface area contributed by atoms with Crippen molar-refractivity contribution in [1.29, 1.82) is 0 Å². The van der Waals surface area contributed by atoms with Crippen LogP contribution >= 0.6 is 0 Å². The highest BCUT2D eigenvalue weighted by atomic mass is 16.5. The molecule has 0 aliphatic carbocycles. The van der Waals surface area contributed by atoms with Gasteiger partial charge < -0.3 is 15.4 Å². The molecule has 1 aliphatic rings. The number of benzene rings is 1. The summed E-state index contributed by atoms with van der Waals surface area (Å²) < 4.78 is 5.70. The SMILES string of the molecule is CC[C@H](N)c1ccccc1N(C)CC1CCCO1. The van der Waals surface area contributed by atoms with Gasteiger partial charge in [0.25, 0.3) is 0 Å². The molecule has 1 aromatic carbocycles. The van der Waals surface area contributed by atoms with Gasteiger partial charge >= 0.3 is 0 Å². The molecule has 3 heteroatoms. The van der Waals surface area contributed by atoms with Crippen LogP contribution in [0.1, 0.15) is 37.8 Å². The van der Waals surface area contributed by atoms with Crippen molar-refractivity contribution >= 4 is 5.69 Å². The zero-order chi connectivity index (χ0) is 13.0. The first-order valence-electron chi connectivity index (χ1n) is 6.89. The van der Waals surface area contributed by atoms with Crippen LogP contribution in [0.2, 0.25) is 0 Å². The molecule has 0 radical (unpaired) electrons. The van der Waals surface area contributed by atoms with Crippen LogP contribution in [0.4, 0.5) is 5.69 Å². The maximum Gasteiger partial charge on any atom is 0.0750 e. The summed E-state index contributed by atoms with van der Waals surface area (Å²) in [5, 5.41) is 0. The van der Waals surface area contributed by atoms with E-state index in [2.05, 4.69) is 43.1 Å². The van der Waals surface area contributed by atoms with E-state index < -0.39 is 0 Å². The summed E-state index contributed by atoms with van der Waals surface area (Å²) in [6.45, 7) is 3.99. The minimum Gasteiger partial charge on any atom is -0.376 e. The largest absolute Gasteiger partial charge is 0.376 e. The van der Waals surface area contributed by atoms with Crippen molar-refractivity contribution in [3.8, 4) is 0 Å². The van der Waals surface area contributed by atoms with Crippen molar-refractivity contribution in [3.05, 3.63) is 29.8 Å². The van der Waals surface area contributed by atoms with E-state index in [1.165, 1.54) is 24.1 Å². The second-order valence-electron chi connectivity index (χ2n) is 5.09. The predicted molar refractivity (Wildman–Crippen MR) is 75.9 cm³/mol. The number of nitrogens with zero attached hydrogens (tertiary/aromatic N) is 1. The van der Waals surface area contributed by atoms with Gasteiger partial charge in [-0.2, -0.15) is 0 Å². The third-order valence-corrected chi connectivity index (χ3v) is 3.69. The molecule has 1 fully saturated rings. The second-order valence-corrected chi connectivity index (χ2v) is 5.09. The summed E-state index contributed by atoms with van der Waals surface area (Å²) in [5.41, 5.74) is 8.66. The minimum absolute atomic E-state index is 0.119. The van der Waals surface area contributed by atoms with Crippen molar-refractivity contribution in [1.82, 2.24) is 0 Å². The van der Waals surface area contributed by atoms with Gasteiger partial charge in [-0.15, -0.1) is 0 Å². The summed E-state index contributed by atoms with van der Waals surface area (Å²) in [5.74, 6) is 0. The Kier molecular flexibility index (Phi) is 4.61. The Labute approximate surface area is 110 Å². The summed E-state index contributed by atoms with van der Waals surface area (Å²) >= 11 is 0. The van der Waals surface area contributed by atoms with Crippen molar-refractivity contribution in [2.45, 2.75) is 38.3 Å². The molecule has 1 heterocycles. The Bertz CT molecular complexity index is 375. The second kappa shape index (κ2) is 6.21. The van der Waals surface area contributed by atoms with E-state index in [9.17, 15) is 0 Å². The molecule has 0 spiro atoms. The van der Waals surface area contributed by atoms with Crippen LogP contribution in [0.5, 0.6) is 0 Å². The van der Waals surface area contributed by atoms with Gasteiger partial charge in [0.1, 0.15) is 0 Å². The summed E-state index contributed by atoms with van der Waals surface area (Å²) in [7, 11) is 2.13. The highest BCUT2D eigenvalue weighted by Crippen LogP contribution is 2.27. The monoisotopic (exact) mass is 248 g/mol. The van der Waals surface area contributed by atoms with E-state index in [0.717, 1.165) is 19.6 Å². The van der Waals surface area contributed by atoms with Gasteiger partial charge in [-0.25, -0.2) is 0 Å². The molecule has 1 saturated heterocycles. The van der Waals surface area contributed by atoms with Gasteiger partial charge in [-0.3, -0.25) is 0 Å². The number of rotatable bonds is 5. The van der Waals surface area contributed by atoms with Gasteiger partial charge in [0.05, 0.1) is 6.10 Å². The molecule has 0 saturated carbocycles. The van der Waals surface area contributed by atoms with E-state index in [4.69, 9.17) is 10.5 Å². The average Bonchev–Trinajstić information content (AvgIpc) is 2.90. The standard InChI is InChI=1S/C15H24N2O/c1-3-14(16)13-8-4-5-9-15(13)17(2)11-12-7-6-10-18-12/h4-5,8-9,12,14H,3,6-7,10-11,16H2,1-2H3/t12?,14-/m0/s1. The number of para-hydroxylation sites is 1. The molecule has 0 bridgehead atoms. The minimum atomic E-state index is 0.119. The summed E-state index contributed by atoms with van der Waals surface area (Å²) in [4.78, 5) is 2.28. The lowest BCUT2D eigenvalue weighted by Crippen LogP contribution is -2.30. The third-order valence-electron chi connectivity index (χ3n) is 3.69. The molecule has 0 aromatic heterocycles. The van der Waals surface area contributed by atoms with Gasteiger partial charge in [-0.1, -0.05) is 25.1 Å². The highest BCUT2D eigenvalue weighted by Gasteiger charge is 2.19. The summed E-state index contributed by atoms with van der Waals surface area (Å²) in [6, 6.07) is 8.55. The molecule has 2 rings (SSSR count). The van der Waals surface area contributed by atoms with Crippen molar-refractivity contribution in [3.63, 3.8) is 0 Å². The van der Waals surface area contributed by atoms with Crippen molar-refractivity contribution in [2.75, 3.05) is 25.1 Å². The van der Waals surface area contributed by atoms with Crippen LogP contribution in [-0.4, -0.2) is 26.3 Å². The lowest BCUT2D eigenvalue weighted by Gasteiger charge is -2.26. The van der Waals surface area contributed by atoms with E-state index in [1.54, 1.807) is 0 Å². The van der Waals surface area contributed by atoms with Crippen LogP contribution in [0.25, 0.3) is 0 Å². The molecule has 2 N–H and O–H groups in total. The lowest BCUT2D eigenvalue weighted by molar-refractivity contribution is 0.116. The first-order chi connectivity index (χ1) is 8.72. The van der Waals surface area contributed by atoms with Gasteiger partial charge in [-0.05, 0) is 30.9 Å².